The van der Waals surface area contributed by atoms with Crippen LogP contribution >= 0.6 is 35.0 Å². The number of hydrogen-bond donors (Lipinski definition) is 2. The van der Waals surface area contributed by atoms with Crippen LogP contribution in [0.25, 0.3) is 0 Å². The fourth-order valence-corrected chi connectivity index (χ4v) is 3.27. The molecule has 6 heteroatoms. The average Bonchev–Trinajstić information content (AvgIpc) is 2.90. The van der Waals surface area contributed by atoms with E-state index in [1.165, 1.54) is 18.2 Å². The molecule has 1 aromatic rings. The minimum absolute atomic E-state index is 0.0229. The molecule has 3 nitrogen and oxygen atoms in total. The number of rotatable bonds is 5. The normalized spacial score (nSPS) is 18.5. The number of hydrogen-bond acceptors (Lipinski definition) is 3. The summed E-state index contributed by atoms with van der Waals surface area (Å²) in [7, 11) is 0. The Morgan fingerprint density at radius 2 is 2.32 bits per heavy atom. The summed E-state index contributed by atoms with van der Waals surface area (Å²) in [5.74, 6) is 0.377. The molecule has 0 saturated carbocycles. The summed E-state index contributed by atoms with van der Waals surface area (Å²) in [5.41, 5.74) is 0. The molecule has 0 bridgehead atoms. The van der Waals surface area contributed by atoms with E-state index in [-0.39, 0.29) is 5.91 Å². The smallest absolute Gasteiger partial charge is 0.230 e. The minimum Gasteiger partial charge on any atom is -0.354 e. The van der Waals surface area contributed by atoms with Gasteiger partial charge in [-0.2, -0.15) is 0 Å². The summed E-state index contributed by atoms with van der Waals surface area (Å²) >= 11 is 13.3. The SMILES string of the molecule is O=C(CSc1cc(Cl)ccc1Cl)NCC1CCCN1. The topological polar surface area (TPSA) is 41.1 Å². The molecular formula is C13H16Cl2N2OS. The molecule has 1 saturated heterocycles. The lowest BCUT2D eigenvalue weighted by atomic mass is 10.2. The van der Waals surface area contributed by atoms with E-state index >= 15 is 0 Å². The second-order valence-corrected chi connectivity index (χ2v) is 6.32. The van der Waals surface area contributed by atoms with Gasteiger partial charge < -0.3 is 10.6 Å². The van der Waals surface area contributed by atoms with Crippen molar-refractivity contribution in [1.29, 1.82) is 0 Å². The third-order valence-corrected chi connectivity index (χ3v) is 4.69. The molecule has 1 fully saturated rings. The summed E-state index contributed by atoms with van der Waals surface area (Å²) in [6.07, 6.45) is 2.32. The first-order valence-electron chi connectivity index (χ1n) is 6.23. The third-order valence-electron chi connectivity index (χ3n) is 2.96. The zero-order chi connectivity index (χ0) is 13.7. The summed E-state index contributed by atoms with van der Waals surface area (Å²) in [4.78, 5) is 12.6. The molecule has 1 aliphatic heterocycles. The van der Waals surface area contributed by atoms with Crippen LogP contribution in [0.15, 0.2) is 23.1 Å². The highest BCUT2D eigenvalue weighted by Crippen LogP contribution is 2.29. The van der Waals surface area contributed by atoms with E-state index in [2.05, 4.69) is 10.6 Å². The van der Waals surface area contributed by atoms with Gasteiger partial charge in [0.25, 0.3) is 0 Å². The Morgan fingerprint density at radius 3 is 3.05 bits per heavy atom. The van der Waals surface area contributed by atoms with Gasteiger partial charge >= 0.3 is 0 Å². The van der Waals surface area contributed by atoms with E-state index in [9.17, 15) is 4.79 Å². The van der Waals surface area contributed by atoms with Crippen LogP contribution in [0.5, 0.6) is 0 Å². The van der Waals surface area contributed by atoms with Crippen LogP contribution in [0.3, 0.4) is 0 Å². The fourth-order valence-electron chi connectivity index (χ4n) is 1.95. The third kappa shape index (κ3) is 4.88. The van der Waals surface area contributed by atoms with Gasteiger partial charge in [-0.1, -0.05) is 23.2 Å². The molecule has 1 atom stereocenters. The van der Waals surface area contributed by atoms with Crippen molar-refractivity contribution in [3.8, 4) is 0 Å². The van der Waals surface area contributed by atoms with Crippen molar-refractivity contribution in [3.05, 3.63) is 28.2 Å². The number of thioether (sulfide) groups is 1. The second kappa shape index (κ2) is 7.39. The van der Waals surface area contributed by atoms with E-state index in [1.54, 1.807) is 18.2 Å². The Hall–Kier alpha value is -0.420. The Morgan fingerprint density at radius 1 is 1.47 bits per heavy atom. The first-order chi connectivity index (χ1) is 9.15. The molecule has 1 aromatic carbocycles. The first-order valence-corrected chi connectivity index (χ1v) is 7.97. The summed E-state index contributed by atoms with van der Waals surface area (Å²) in [5, 5.41) is 7.52. The molecule has 0 radical (unpaired) electrons. The number of amides is 1. The van der Waals surface area contributed by atoms with Gasteiger partial charge in [0.2, 0.25) is 5.91 Å². The summed E-state index contributed by atoms with van der Waals surface area (Å²) < 4.78 is 0. The largest absolute Gasteiger partial charge is 0.354 e. The maximum absolute atomic E-state index is 11.7. The molecule has 104 valence electrons. The number of nitrogens with one attached hydrogen (secondary N) is 2. The monoisotopic (exact) mass is 318 g/mol. The molecular weight excluding hydrogens is 303 g/mol. The Labute approximate surface area is 127 Å². The zero-order valence-electron chi connectivity index (χ0n) is 10.4. The maximum atomic E-state index is 11.7. The Bertz CT molecular complexity index is 450. The lowest BCUT2D eigenvalue weighted by molar-refractivity contribution is -0.118. The highest BCUT2D eigenvalue weighted by molar-refractivity contribution is 8.00. The van der Waals surface area contributed by atoms with E-state index in [0.717, 1.165) is 17.9 Å². The predicted octanol–water partition coefficient (Wildman–Crippen LogP) is 2.95. The van der Waals surface area contributed by atoms with Crippen molar-refractivity contribution in [2.45, 2.75) is 23.8 Å². The van der Waals surface area contributed by atoms with Gasteiger partial charge in [0.1, 0.15) is 0 Å². The highest BCUT2D eigenvalue weighted by Gasteiger charge is 2.14. The van der Waals surface area contributed by atoms with Crippen LogP contribution in [0, 0.1) is 0 Å². The van der Waals surface area contributed by atoms with Crippen LogP contribution in [0.4, 0.5) is 0 Å². The molecule has 1 unspecified atom stereocenters. The van der Waals surface area contributed by atoms with Gasteiger partial charge in [0.05, 0.1) is 10.8 Å². The minimum atomic E-state index is 0.0229. The molecule has 1 heterocycles. The van der Waals surface area contributed by atoms with Crippen molar-refractivity contribution in [1.82, 2.24) is 10.6 Å². The van der Waals surface area contributed by atoms with Crippen LogP contribution < -0.4 is 10.6 Å². The molecule has 1 amide bonds. The van der Waals surface area contributed by atoms with E-state index in [4.69, 9.17) is 23.2 Å². The quantitative estimate of drug-likeness (QED) is 0.820. The van der Waals surface area contributed by atoms with Gasteiger partial charge in [-0.05, 0) is 37.6 Å². The summed E-state index contributed by atoms with van der Waals surface area (Å²) in [6, 6.07) is 5.68. The molecule has 0 aliphatic carbocycles. The number of halogens is 2. The van der Waals surface area contributed by atoms with Gasteiger partial charge in [-0.15, -0.1) is 11.8 Å². The van der Waals surface area contributed by atoms with Crippen LogP contribution in [-0.4, -0.2) is 30.8 Å². The number of benzene rings is 1. The summed E-state index contributed by atoms with van der Waals surface area (Å²) in [6.45, 7) is 1.75. The van der Waals surface area contributed by atoms with Gasteiger partial charge in [-0.25, -0.2) is 0 Å². The molecule has 1 aliphatic rings. The zero-order valence-corrected chi connectivity index (χ0v) is 12.7. The van der Waals surface area contributed by atoms with Crippen molar-refractivity contribution in [2.24, 2.45) is 0 Å². The van der Waals surface area contributed by atoms with Gasteiger partial charge in [-0.3, -0.25) is 4.79 Å². The Balaban J connectivity index is 1.74. The van der Waals surface area contributed by atoms with Gasteiger partial charge in [0.15, 0.2) is 0 Å². The maximum Gasteiger partial charge on any atom is 0.230 e. The molecule has 2 N–H and O–H groups in total. The van der Waals surface area contributed by atoms with E-state index < -0.39 is 0 Å². The first kappa shape index (κ1) is 15.0. The standard InChI is InChI=1S/C13H16Cl2N2OS/c14-9-3-4-11(15)12(6-9)19-8-13(18)17-7-10-2-1-5-16-10/h3-4,6,10,16H,1-2,5,7-8H2,(H,17,18). The van der Waals surface area contributed by atoms with Crippen LogP contribution in [-0.2, 0) is 4.79 Å². The van der Waals surface area contributed by atoms with Crippen molar-refractivity contribution in [2.75, 3.05) is 18.8 Å². The molecule has 0 spiro atoms. The van der Waals surface area contributed by atoms with E-state index in [1.807, 2.05) is 0 Å². The lowest BCUT2D eigenvalue weighted by Crippen LogP contribution is -2.37. The number of carbonyl (C=O) groups excluding carboxylic acids is 1. The molecule has 2 rings (SSSR count). The fraction of sp³-hybridized carbons (Fsp3) is 0.462. The van der Waals surface area contributed by atoms with Crippen LogP contribution in [0.1, 0.15) is 12.8 Å². The highest BCUT2D eigenvalue weighted by atomic mass is 35.5. The van der Waals surface area contributed by atoms with E-state index in [0.29, 0.717) is 28.4 Å². The van der Waals surface area contributed by atoms with Crippen molar-refractivity contribution >= 4 is 40.9 Å². The second-order valence-electron chi connectivity index (χ2n) is 4.46. The van der Waals surface area contributed by atoms with Gasteiger partial charge in [0, 0.05) is 22.5 Å². The molecule has 19 heavy (non-hydrogen) atoms. The number of carbonyl (C=O) groups is 1. The van der Waals surface area contributed by atoms with Crippen molar-refractivity contribution < 1.29 is 4.79 Å². The van der Waals surface area contributed by atoms with Crippen molar-refractivity contribution in [3.63, 3.8) is 0 Å². The average molecular weight is 319 g/mol. The van der Waals surface area contributed by atoms with Crippen LogP contribution in [0.2, 0.25) is 10.0 Å². The molecule has 0 aromatic heterocycles. The predicted molar refractivity (Wildman–Crippen MR) is 81.2 cm³/mol. The lowest BCUT2D eigenvalue weighted by Gasteiger charge is -2.11. The Kier molecular flexibility index (Phi) is 5.82.